The van der Waals surface area contributed by atoms with Crippen LogP contribution in [0.3, 0.4) is 0 Å². The van der Waals surface area contributed by atoms with Crippen LogP contribution >= 0.6 is 0 Å². The van der Waals surface area contributed by atoms with Gasteiger partial charge in [-0.2, -0.15) is 0 Å². The van der Waals surface area contributed by atoms with Crippen molar-refractivity contribution in [2.75, 3.05) is 33.9 Å². The number of aromatic nitrogens is 1. The molecule has 0 saturated carbocycles. The zero-order valence-corrected chi connectivity index (χ0v) is 16.2. The third-order valence-corrected chi connectivity index (χ3v) is 4.98. The number of carbonyl (C=O) groups excluding carboxylic acids is 2. The fourth-order valence-electron chi connectivity index (χ4n) is 3.29. The van der Waals surface area contributed by atoms with Crippen molar-refractivity contribution in [1.82, 2.24) is 15.2 Å². The van der Waals surface area contributed by atoms with Gasteiger partial charge in [0.1, 0.15) is 11.5 Å². The molecule has 0 radical (unpaired) electrons. The fraction of sp³-hybridized carbons (Fsp3) is 0.381. The van der Waals surface area contributed by atoms with Crippen LogP contribution in [-0.4, -0.2) is 55.6 Å². The molecular formula is C21H25N3O4. The Bertz CT molecular complexity index is 795. The van der Waals surface area contributed by atoms with Gasteiger partial charge in [-0.15, -0.1) is 0 Å². The Morgan fingerprint density at radius 3 is 2.36 bits per heavy atom. The molecule has 7 nitrogen and oxygen atoms in total. The fourth-order valence-corrected chi connectivity index (χ4v) is 3.29. The predicted molar refractivity (Wildman–Crippen MR) is 105 cm³/mol. The van der Waals surface area contributed by atoms with E-state index in [0.29, 0.717) is 48.2 Å². The lowest BCUT2D eigenvalue weighted by molar-refractivity contribution is 0.0684. The average molecular weight is 383 g/mol. The first-order valence-electron chi connectivity index (χ1n) is 9.31. The second-order valence-electron chi connectivity index (χ2n) is 6.79. The molecule has 1 aliphatic heterocycles. The Kier molecular flexibility index (Phi) is 6.47. The van der Waals surface area contributed by atoms with E-state index in [4.69, 9.17) is 9.47 Å². The van der Waals surface area contributed by atoms with E-state index in [-0.39, 0.29) is 11.8 Å². The lowest BCUT2D eigenvalue weighted by atomic mass is 9.96. The van der Waals surface area contributed by atoms with Crippen LogP contribution in [0, 0.1) is 5.92 Å². The highest BCUT2D eigenvalue weighted by Gasteiger charge is 2.24. The Labute approximate surface area is 164 Å². The lowest BCUT2D eigenvalue weighted by Gasteiger charge is -2.32. The summed E-state index contributed by atoms with van der Waals surface area (Å²) >= 11 is 0. The number of methoxy groups -OCH3 is 2. The summed E-state index contributed by atoms with van der Waals surface area (Å²) in [5.74, 6) is 1.35. The van der Waals surface area contributed by atoms with Crippen molar-refractivity contribution in [1.29, 1.82) is 0 Å². The summed E-state index contributed by atoms with van der Waals surface area (Å²) in [6.07, 6.45) is 4.96. The number of piperidine rings is 1. The minimum atomic E-state index is -0.161. The summed E-state index contributed by atoms with van der Waals surface area (Å²) in [5, 5.41) is 2.98. The number of benzene rings is 1. The van der Waals surface area contributed by atoms with Crippen molar-refractivity contribution in [3.05, 3.63) is 53.9 Å². The lowest BCUT2D eigenvalue weighted by Crippen LogP contribution is -2.41. The average Bonchev–Trinajstić information content (AvgIpc) is 2.77. The van der Waals surface area contributed by atoms with E-state index in [9.17, 15) is 9.59 Å². The SMILES string of the molecule is COc1cc(OC)cc(C(=O)NCC2CCN(C(=O)c3cccnc3)CC2)c1. The van der Waals surface area contributed by atoms with E-state index in [1.54, 1.807) is 56.9 Å². The third-order valence-electron chi connectivity index (χ3n) is 4.98. The van der Waals surface area contributed by atoms with Gasteiger partial charge in [0.2, 0.25) is 0 Å². The molecular weight excluding hydrogens is 358 g/mol. The molecule has 1 aromatic carbocycles. The van der Waals surface area contributed by atoms with Crippen molar-refractivity contribution in [2.45, 2.75) is 12.8 Å². The molecule has 7 heteroatoms. The summed E-state index contributed by atoms with van der Waals surface area (Å²) in [6, 6.07) is 8.65. The number of nitrogens with one attached hydrogen (secondary N) is 1. The van der Waals surface area contributed by atoms with E-state index in [1.807, 2.05) is 4.90 Å². The first-order valence-corrected chi connectivity index (χ1v) is 9.31. The molecule has 0 aliphatic carbocycles. The Hall–Kier alpha value is -3.09. The van der Waals surface area contributed by atoms with Gasteiger partial charge >= 0.3 is 0 Å². The van der Waals surface area contributed by atoms with Gasteiger partial charge in [-0.1, -0.05) is 0 Å². The molecule has 0 unspecified atom stereocenters. The zero-order valence-electron chi connectivity index (χ0n) is 16.2. The van der Waals surface area contributed by atoms with Gasteiger partial charge in [0.05, 0.1) is 19.8 Å². The molecule has 2 amide bonds. The molecule has 1 aliphatic rings. The van der Waals surface area contributed by atoms with E-state index in [2.05, 4.69) is 10.3 Å². The second-order valence-corrected chi connectivity index (χ2v) is 6.79. The molecule has 3 rings (SSSR count). The molecule has 1 saturated heterocycles. The Morgan fingerprint density at radius 1 is 1.11 bits per heavy atom. The number of hydrogen-bond donors (Lipinski definition) is 1. The molecule has 1 fully saturated rings. The van der Waals surface area contributed by atoms with Crippen molar-refractivity contribution in [2.24, 2.45) is 5.92 Å². The number of likely N-dealkylation sites (tertiary alicyclic amines) is 1. The number of hydrogen-bond acceptors (Lipinski definition) is 5. The van der Waals surface area contributed by atoms with Crippen LogP contribution in [0.2, 0.25) is 0 Å². The minimum absolute atomic E-state index is 0.0130. The van der Waals surface area contributed by atoms with Crippen LogP contribution in [0.4, 0.5) is 0 Å². The monoisotopic (exact) mass is 383 g/mol. The first kappa shape index (κ1) is 19.7. The van der Waals surface area contributed by atoms with Crippen LogP contribution in [0.15, 0.2) is 42.7 Å². The number of carbonyl (C=O) groups is 2. The highest BCUT2D eigenvalue weighted by atomic mass is 16.5. The van der Waals surface area contributed by atoms with Gasteiger partial charge in [0, 0.05) is 43.7 Å². The molecule has 1 N–H and O–H groups in total. The minimum Gasteiger partial charge on any atom is -0.497 e. The molecule has 0 spiro atoms. The van der Waals surface area contributed by atoms with E-state index in [1.165, 1.54) is 0 Å². The van der Waals surface area contributed by atoms with Crippen molar-refractivity contribution in [3.63, 3.8) is 0 Å². The van der Waals surface area contributed by atoms with Gasteiger partial charge in [-0.05, 0) is 43.0 Å². The summed E-state index contributed by atoms with van der Waals surface area (Å²) < 4.78 is 10.4. The number of nitrogens with zero attached hydrogens (tertiary/aromatic N) is 2. The number of rotatable bonds is 6. The predicted octanol–water partition coefficient (Wildman–Crippen LogP) is 2.38. The quantitative estimate of drug-likeness (QED) is 0.828. The smallest absolute Gasteiger partial charge is 0.255 e. The van der Waals surface area contributed by atoms with E-state index >= 15 is 0 Å². The third kappa shape index (κ3) is 4.79. The van der Waals surface area contributed by atoms with Crippen molar-refractivity contribution in [3.8, 4) is 11.5 Å². The van der Waals surface area contributed by atoms with E-state index in [0.717, 1.165) is 12.8 Å². The molecule has 0 bridgehead atoms. The zero-order chi connectivity index (χ0) is 19.9. The highest BCUT2D eigenvalue weighted by molar-refractivity contribution is 5.95. The van der Waals surface area contributed by atoms with Crippen LogP contribution in [0.25, 0.3) is 0 Å². The normalized spacial score (nSPS) is 14.4. The molecule has 148 valence electrons. The van der Waals surface area contributed by atoms with E-state index < -0.39 is 0 Å². The molecule has 2 aromatic rings. The molecule has 2 heterocycles. The number of pyridine rings is 1. The summed E-state index contributed by atoms with van der Waals surface area (Å²) in [5.41, 5.74) is 1.11. The Morgan fingerprint density at radius 2 is 1.79 bits per heavy atom. The second kappa shape index (κ2) is 9.21. The van der Waals surface area contributed by atoms with Crippen molar-refractivity contribution >= 4 is 11.8 Å². The van der Waals surface area contributed by atoms with Crippen LogP contribution < -0.4 is 14.8 Å². The largest absolute Gasteiger partial charge is 0.497 e. The summed E-state index contributed by atoms with van der Waals surface area (Å²) in [7, 11) is 3.11. The van der Waals surface area contributed by atoms with Crippen LogP contribution in [-0.2, 0) is 0 Å². The Balaban J connectivity index is 1.50. The van der Waals surface area contributed by atoms with Gasteiger partial charge < -0.3 is 19.7 Å². The highest BCUT2D eigenvalue weighted by Crippen LogP contribution is 2.23. The maximum atomic E-state index is 12.5. The maximum Gasteiger partial charge on any atom is 0.255 e. The van der Waals surface area contributed by atoms with Crippen LogP contribution in [0.1, 0.15) is 33.6 Å². The first-order chi connectivity index (χ1) is 13.6. The molecule has 0 atom stereocenters. The molecule has 28 heavy (non-hydrogen) atoms. The van der Waals surface area contributed by atoms with Gasteiger partial charge in [-0.25, -0.2) is 0 Å². The number of ether oxygens (including phenoxy) is 2. The number of amides is 2. The summed E-state index contributed by atoms with van der Waals surface area (Å²) in [6.45, 7) is 1.94. The summed E-state index contributed by atoms with van der Waals surface area (Å²) in [4.78, 5) is 30.8. The van der Waals surface area contributed by atoms with Crippen LogP contribution in [0.5, 0.6) is 11.5 Å². The maximum absolute atomic E-state index is 12.5. The van der Waals surface area contributed by atoms with Crippen molar-refractivity contribution < 1.29 is 19.1 Å². The van der Waals surface area contributed by atoms with Gasteiger partial charge in [-0.3, -0.25) is 14.6 Å². The topological polar surface area (TPSA) is 80.8 Å². The van der Waals surface area contributed by atoms with Gasteiger partial charge in [0.15, 0.2) is 0 Å². The standard InChI is InChI=1S/C21H25N3O4/c1-27-18-10-17(11-19(12-18)28-2)20(25)23-13-15-5-8-24(9-6-15)21(26)16-4-3-7-22-14-16/h3-4,7,10-12,14-15H,5-6,8-9,13H2,1-2H3,(H,23,25). The van der Waals surface area contributed by atoms with Gasteiger partial charge in [0.25, 0.3) is 11.8 Å². The molecule has 1 aromatic heterocycles.